The SMILES string of the molecule is Cc1cc(C)nc(N2CCOCC3(CC(=O)N(CC(C)C)C3)C2)n1. The Morgan fingerprint density at radius 1 is 1.25 bits per heavy atom. The number of hydrogen-bond donors (Lipinski definition) is 0. The third-order valence-corrected chi connectivity index (χ3v) is 4.68. The smallest absolute Gasteiger partial charge is 0.225 e. The average Bonchev–Trinajstić information content (AvgIpc) is 2.65. The summed E-state index contributed by atoms with van der Waals surface area (Å²) in [5.41, 5.74) is 1.80. The number of amides is 1. The molecule has 3 rings (SSSR count). The van der Waals surface area contributed by atoms with Gasteiger partial charge in [-0.1, -0.05) is 13.8 Å². The van der Waals surface area contributed by atoms with Crippen molar-refractivity contribution < 1.29 is 9.53 Å². The lowest BCUT2D eigenvalue weighted by molar-refractivity contribution is -0.128. The molecule has 0 bridgehead atoms. The topological polar surface area (TPSA) is 58.6 Å². The van der Waals surface area contributed by atoms with E-state index in [0.717, 1.165) is 43.5 Å². The van der Waals surface area contributed by atoms with E-state index in [9.17, 15) is 4.79 Å². The molecule has 1 atom stereocenters. The van der Waals surface area contributed by atoms with Gasteiger partial charge in [-0.2, -0.15) is 0 Å². The highest BCUT2D eigenvalue weighted by molar-refractivity contribution is 5.79. The second kappa shape index (κ2) is 6.67. The minimum atomic E-state index is -0.149. The summed E-state index contributed by atoms with van der Waals surface area (Å²) in [6.45, 7) is 12.7. The molecule has 0 N–H and O–H groups in total. The number of carbonyl (C=O) groups is 1. The monoisotopic (exact) mass is 332 g/mol. The van der Waals surface area contributed by atoms with Gasteiger partial charge < -0.3 is 14.5 Å². The van der Waals surface area contributed by atoms with Crippen LogP contribution < -0.4 is 4.90 Å². The highest BCUT2D eigenvalue weighted by Crippen LogP contribution is 2.35. The van der Waals surface area contributed by atoms with Crippen molar-refractivity contribution in [3.8, 4) is 0 Å². The lowest BCUT2D eigenvalue weighted by Crippen LogP contribution is -2.42. The Balaban J connectivity index is 1.81. The minimum Gasteiger partial charge on any atom is -0.379 e. The van der Waals surface area contributed by atoms with Gasteiger partial charge in [0, 0.05) is 49.4 Å². The first-order chi connectivity index (χ1) is 11.4. The van der Waals surface area contributed by atoms with Crippen molar-refractivity contribution in [1.29, 1.82) is 0 Å². The van der Waals surface area contributed by atoms with E-state index in [1.807, 2.05) is 24.8 Å². The van der Waals surface area contributed by atoms with Crippen LogP contribution in [-0.4, -0.2) is 60.2 Å². The second-order valence-corrected chi connectivity index (χ2v) is 7.77. The Morgan fingerprint density at radius 2 is 1.96 bits per heavy atom. The average molecular weight is 332 g/mol. The van der Waals surface area contributed by atoms with Gasteiger partial charge in [0.15, 0.2) is 0 Å². The molecule has 2 fully saturated rings. The van der Waals surface area contributed by atoms with Crippen molar-refractivity contribution in [3.63, 3.8) is 0 Å². The van der Waals surface area contributed by atoms with Crippen LogP contribution in [0.4, 0.5) is 5.95 Å². The van der Waals surface area contributed by atoms with Gasteiger partial charge in [0.1, 0.15) is 0 Å². The summed E-state index contributed by atoms with van der Waals surface area (Å²) in [6, 6.07) is 1.98. The van der Waals surface area contributed by atoms with E-state index in [-0.39, 0.29) is 11.3 Å². The predicted octanol–water partition coefficient (Wildman–Crippen LogP) is 1.80. The Labute approximate surface area is 144 Å². The molecule has 0 aliphatic carbocycles. The fourth-order valence-corrected chi connectivity index (χ4v) is 3.80. The van der Waals surface area contributed by atoms with Crippen LogP contribution in [0.5, 0.6) is 0 Å². The first-order valence-electron chi connectivity index (χ1n) is 8.80. The summed E-state index contributed by atoms with van der Waals surface area (Å²) < 4.78 is 5.87. The molecule has 6 heteroatoms. The largest absolute Gasteiger partial charge is 0.379 e. The zero-order valence-electron chi connectivity index (χ0n) is 15.2. The molecule has 2 aliphatic heterocycles. The van der Waals surface area contributed by atoms with Crippen molar-refractivity contribution in [2.24, 2.45) is 11.3 Å². The molecule has 1 spiro atoms. The van der Waals surface area contributed by atoms with Gasteiger partial charge in [-0.05, 0) is 25.8 Å². The third kappa shape index (κ3) is 3.69. The van der Waals surface area contributed by atoms with Crippen LogP contribution in [0, 0.1) is 25.2 Å². The number of nitrogens with zero attached hydrogens (tertiary/aromatic N) is 4. The number of anilines is 1. The Morgan fingerprint density at radius 3 is 2.62 bits per heavy atom. The summed E-state index contributed by atoms with van der Waals surface area (Å²) in [5.74, 6) is 1.48. The van der Waals surface area contributed by atoms with Crippen LogP contribution in [0.15, 0.2) is 6.07 Å². The number of aryl methyl sites for hydroxylation is 2. The van der Waals surface area contributed by atoms with Gasteiger partial charge in [0.25, 0.3) is 0 Å². The number of likely N-dealkylation sites (tertiary alicyclic amines) is 1. The van der Waals surface area contributed by atoms with Crippen LogP contribution in [0.25, 0.3) is 0 Å². The van der Waals surface area contributed by atoms with E-state index in [2.05, 4.69) is 28.7 Å². The van der Waals surface area contributed by atoms with E-state index in [0.29, 0.717) is 25.6 Å². The van der Waals surface area contributed by atoms with Crippen molar-refractivity contribution in [3.05, 3.63) is 17.5 Å². The number of rotatable bonds is 3. The quantitative estimate of drug-likeness (QED) is 0.845. The minimum absolute atomic E-state index is 0.149. The summed E-state index contributed by atoms with van der Waals surface area (Å²) in [7, 11) is 0. The van der Waals surface area contributed by atoms with Crippen molar-refractivity contribution in [2.75, 3.05) is 44.3 Å². The summed E-state index contributed by atoms with van der Waals surface area (Å²) in [4.78, 5) is 25.9. The molecule has 132 valence electrons. The van der Waals surface area contributed by atoms with Crippen LogP contribution in [0.3, 0.4) is 0 Å². The van der Waals surface area contributed by atoms with E-state index in [4.69, 9.17) is 4.74 Å². The van der Waals surface area contributed by atoms with Crippen LogP contribution in [0.1, 0.15) is 31.7 Å². The molecule has 3 heterocycles. The van der Waals surface area contributed by atoms with Gasteiger partial charge in [-0.3, -0.25) is 4.79 Å². The summed E-state index contributed by atoms with van der Waals surface area (Å²) >= 11 is 0. The number of aromatic nitrogens is 2. The Kier molecular flexibility index (Phi) is 4.76. The molecule has 1 unspecified atom stereocenters. The Bertz CT molecular complexity index is 599. The molecule has 1 aromatic heterocycles. The molecule has 0 saturated carbocycles. The maximum absolute atomic E-state index is 12.5. The lowest BCUT2D eigenvalue weighted by Gasteiger charge is -2.31. The van der Waals surface area contributed by atoms with Gasteiger partial charge in [0.05, 0.1) is 13.2 Å². The first-order valence-corrected chi connectivity index (χ1v) is 8.80. The van der Waals surface area contributed by atoms with Gasteiger partial charge in [-0.15, -0.1) is 0 Å². The Hall–Kier alpha value is -1.69. The van der Waals surface area contributed by atoms with Crippen molar-refractivity contribution in [1.82, 2.24) is 14.9 Å². The number of hydrogen-bond acceptors (Lipinski definition) is 5. The van der Waals surface area contributed by atoms with Crippen LogP contribution in [0.2, 0.25) is 0 Å². The highest BCUT2D eigenvalue weighted by Gasteiger charge is 2.46. The molecule has 2 aliphatic rings. The summed E-state index contributed by atoms with van der Waals surface area (Å²) in [5, 5.41) is 0. The molecular formula is C18H28N4O2. The van der Waals surface area contributed by atoms with E-state index in [1.165, 1.54) is 0 Å². The fourth-order valence-electron chi connectivity index (χ4n) is 3.80. The first kappa shape index (κ1) is 17.1. The number of ether oxygens (including phenoxy) is 1. The zero-order valence-corrected chi connectivity index (χ0v) is 15.2. The molecular weight excluding hydrogens is 304 g/mol. The maximum Gasteiger partial charge on any atom is 0.225 e. The third-order valence-electron chi connectivity index (χ3n) is 4.68. The molecule has 0 radical (unpaired) electrons. The standard InChI is InChI=1S/C18H28N4O2/c1-13(2)9-22-11-18(8-16(22)23)10-21(5-6-24-12-18)17-19-14(3)7-15(4)20-17/h7,13H,5-6,8-12H2,1-4H3. The van der Waals surface area contributed by atoms with Crippen LogP contribution in [-0.2, 0) is 9.53 Å². The molecule has 24 heavy (non-hydrogen) atoms. The molecule has 1 aromatic rings. The van der Waals surface area contributed by atoms with Gasteiger partial charge >= 0.3 is 0 Å². The number of carbonyl (C=O) groups excluding carboxylic acids is 1. The lowest BCUT2D eigenvalue weighted by atomic mass is 9.87. The summed E-state index contributed by atoms with van der Waals surface area (Å²) in [6.07, 6.45) is 0.557. The zero-order chi connectivity index (χ0) is 17.3. The van der Waals surface area contributed by atoms with Crippen molar-refractivity contribution in [2.45, 2.75) is 34.1 Å². The van der Waals surface area contributed by atoms with E-state index >= 15 is 0 Å². The normalized spacial score (nSPS) is 25.0. The molecule has 0 aromatic carbocycles. The van der Waals surface area contributed by atoms with Crippen molar-refractivity contribution >= 4 is 11.9 Å². The molecule has 2 saturated heterocycles. The highest BCUT2D eigenvalue weighted by atomic mass is 16.5. The fraction of sp³-hybridized carbons (Fsp3) is 0.722. The molecule has 1 amide bonds. The maximum atomic E-state index is 12.5. The van der Waals surface area contributed by atoms with Crippen LogP contribution >= 0.6 is 0 Å². The van der Waals surface area contributed by atoms with E-state index in [1.54, 1.807) is 0 Å². The second-order valence-electron chi connectivity index (χ2n) is 7.77. The van der Waals surface area contributed by atoms with Gasteiger partial charge in [0.2, 0.25) is 11.9 Å². The van der Waals surface area contributed by atoms with Gasteiger partial charge in [-0.25, -0.2) is 9.97 Å². The van der Waals surface area contributed by atoms with E-state index < -0.39 is 0 Å². The molecule has 6 nitrogen and oxygen atoms in total. The predicted molar refractivity (Wildman–Crippen MR) is 93.0 cm³/mol.